The van der Waals surface area contributed by atoms with Crippen LogP contribution in [0.2, 0.25) is 0 Å². The third-order valence-corrected chi connectivity index (χ3v) is 6.08. The highest BCUT2D eigenvalue weighted by Gasteiger charge is 2.25. The zero-order valence-electron chi connectivity index (χ0n) is 18.4. The van der Waals surface area contributed by atoms with Gasteiger partial charge in [-0.25, -0.2) is 0 Å². The third kappa shape index (κ3) is 5.50. The first-order valence-electron chi connectivity index (χ1n) is 11.3. The predicted octanol–water partition coefficient (Wildman–Crippen LogP) is 2.74. The second kappa shape index (κ2) is 10.6. The minimum atomic E-state index is 0.216. The average molecular weight is 400 g/mol. The number of hydrogen-bond acceptors (Lipinski definition) is 3. The van der Waals surface area contributed by atoms with Crippen molar-refractivity contribution >= 4 is 17.6 Å². The summed E-state index contributed by atoms with van der Waals surface area (Å²) in [7, 11) is 2.12. The third-order valence-electron chi connectivity index (χ3n) is 6.08. The number of likely N-dealkylation sites (tertiary alicyclic amines) is 1. The topological polar surface area (TPSA) is 51.2 Å². The van der Waals surface area contributed by atoms with Crippen LogP contribution in [0.5, 0.6) is 0 Å². The van der Waals surface area contributed by atoms with Gasteiger partial charge in [-0.1, -0.05) is 25.1 Å². The Hall–Kier alpha value is -2.08. The number of carbonyl (C=O) groups is 1. The summed E-state index contributed by atoms with van der Waals surface area (Å²) in [5.41, 5.74) is 2.37. The molecule has 6 nitrogen and oxygen atoms in total. The zero-order chi connectivity index (χ0) is 20.6. The van der Waals surface area contributed by atoms with E-state index in [1.165, 1.54) is 24.9 Å². The van der Waals surface area contributed by atoms with Gasteiger partial charge in [0.25, 0.3) is 0 Å². The molecule has 3 rings (SSSR count). The Bertz CT molecular complexity index is 704. The number of fused-ring (bicyclic) bond motifs is 1. The number of likely N-dealkylation sites (N-methyl/N-ethyl adjacent to an activating group) is 2. The number of carbonyl (C=O) groups excluding carboxylic acids is 1. The van der Waals surface area contributed by atoms with E-state index < -0.39 is 0 Å². The number of benzene rings is 1. The molecule has 0 saturated carbocycles. The first kappa shape index (κ1) is 21.6. The number of nitrogens with zero attached hydrogens (tertiary/aromatic N) is 4. The Morgan fingerprint density at radius 3 is 2.90 bits per heavy atom. The molecule has 1 unspecified atom stereocenters. The van der Waals surface area contributed by atoms with Crippen LogP contribution >= 0.6 is 0 Å². The molecular formula is C23H37N5O. The van der Waals surface area contributed by atoms with Crippen LogP contribution < -0.4 is 10.2 Å². The molecule has 0 radical (unpaired) electrons. The summed E-state index contributed by atoms with van der Waals surface area (Å²) >= 11 is 0. The Morgan fingerprint density at radius 2 is 2.10 bits per heavy atom. The molecule has 1 atom stereocenters. The number of amides is 1. The van der Waals surface area contributed by atoms with Gasteiger partial charge < -0.3 is 15.1 Å². The Balaban J connectivity index is 1.48. The molecule has 1 amide bonds. The molecule has 1 fully saturated rings. The second-order valence-electron chi connectivity index (χ2n) is 8.07. The van der Waals surface area contributed by atoms with Gasteiger partial charge >= 0.3 is 0 Å². The largest absolute Gasteiger partial charge is 0.357 e. The van der Waals surface area contributed by atoms with Crippen LogP contribution in [-0.4, -0.2) is 74.0 Å². The maximum absolute atomic E-state index is 12.7. The maximum Gasteiger partial charge on any atom is 0.227 e. The Labute approximate surface area is 176 Å². The van der Waals surface area contributed by atoms with Crippen LogP contribution in [0.1, 0.15) is 45.1 Å². The quantitative estimate of drug-likeness (QED) is 0.415. The van der Waals surface area contributed by atoms with Crippen LogP contribution in [0.4, 0.5) is 5.69 Å². The summed E-state index contributed by atoms with van der Waals surface area (Å²) in [5, 5.41) is 3.41. The first-order chi connectivity index (χ1) is 14.1. The first-order valence-corrected chi connectivity index (χ1v) is 11.3. The summed E-state index contributed by atoms with van der Waals surface area (Å²) in [6.07, 6.45) is 4.86. The maximum atomic E-state index is 12.7. The summed E-state index contributed by atoms with van der Waals surface area (Å²) in [4.78, 5) is 24.2. The minimum absolute atomic E-state index is 0.216. The average Bonchev–Trinajstić information content (AvgIpc) is 3.36. The number of anilines is 1. The van der Waals surface area contributed by atoms with Gasteiger partial charge in [0, 0.05) is 51.4 Å². The molecule has 6 heteroatoms. The SMILES string of the molecule is CCNC(=NCCCC(=O)N1CCc2ccccc21)N(C)CC1CCCN1CC. The highest BCUT2D eigenvalue weighted by Crippen LogP contribution is 2.28. The summed E-state index contributed by atoms with van der Waals surface area (Å²) in [6, 6.07) is 8.85. The van der Waals surface area contributed by atoms with Crippen molar-refractivity contribution in [2.24, 2.45) is 4.99 Å². The zero-order valence-corrected chi connectivity index (χ0v) is 18.4. The number of guanidine groups is 1. The van der Waals surface area contributed by atoms with E-state index in [-0.39, 0.29) is 5.91 Å². The van der Waals surface area contributed by atoms with E-state index in [0.717, 1.165) is 50.7 Å². The lowest BCUT2D eigenvalue weighted by Gasteiger charge is -2.29. The van der Waals surface area contributed by atoms with E-state index in [1.54, 1.807) is 0 Å². The lowest BCUT2D eigenvalue weighted by molar-refractivity contribution is -0.118. The minimum Gasteiger partial charge on any atom is -0.357 e. The fraction of sp³-hybridized carbons (Fsp3) is 0.652. The van der Waals surface area contributed by atoms with Crippen LogP contribution in [0, 0.1) is 0 Å². The number of rotatable bonds is 8. The van der Waals surface area contributed by atoms with E-state index in [9.17, 15) is 4.79 Å². The molecule has 0 aromatic heterocycles. The van der Waals surface area contributed by atoms with Crippen LogP contribution in [0.3, 0.4) is 0 Å². The van der Waals surface area contributed by atoms with Crippen LogP contribution in [-0.2, 0) is 11.2 Å². The highest BCUT2D eigenvalue weighted by molar-refractivity contribution is 5.95. The molecule has 29 heavy (non-hydrogen) atoms. The van der Waals surface area contributed by atoms with Crippen LogP contribution in [0.15, 0.2) is 29.3 Å². The van der Waals surface area contributed by atoms with Gasteiger partial charge in [-0.3, -0.25) is 14.7 Å². The van der Waals surface area contributed by atoms with Gasteiger partial charge in [-0.2, -0.15) is 0 Å². The van der Waals surface area contributed by atoms with E-state index >= 15 is 0 Å². The molecule has 1 saturated heterocycles. The van der Waals surface area contributed by atoms with Gasteiger partial charge in [0.15, 0.2) is 5.96 Å². The normalized spacial score (nSPS) is 19.5. The molecular weight excluding hydrogens is 362 g/mol. The van der Waals surface area contributed by atoms with E-state index in [0.29, 0.717) is 19.0 Å². The van der Waals surface area contributed by atoms with Crippen molar-refractivity contribution < 1.29 is 4.79 Å². The van der Waals surface area contributed by atoms with Crippen molar-refractivity contribution in [3.63, 3.8) is 0 Å². The smallest absolute Gasteiger partial charge is 0.227 e. The van der Waals surface area contributed by atoms with Crippen LogP contribution in [0.25, 0.3) is 0 Å². The van der Waals surface area contributed by atoms with E-state index in [1.807, 2.05) is 17.0 Å². The van der Waals surface area contributed by atoms with Crippen molar-refractivity contribution in [3.05, 3.63) is 29.8 Å². The lowest BCUT2D eigenvalue weighted by Crippen LogP contribution is -2.46. The van der Waals surface area contributed by atoms with Crippen molar-refractivity contribution in [3.8, 4) is 0 Å². The van der Waals surface area contributed by atoms with Crippen molar-refractivity contribution in [1.82, 2.24) is 15.1 Å². The molecule has 0 aliphatic carbocycles. The number of aliphatic imine (C=N–C) groups is 1. The summed E-state index contributed by atoms with van der Waals surface area (Å²) < 4.78 is 0. The lowest BCUT2D eigenvalue weighted by atomic mass is 10.2. The monoisotopic (exact) mass is 399 g/mol. The second-order valence-corrected chi connectivity index (χ2v) is 8.07. The van der Waals surface area contributed by atoms with Crippen molar-refractivity contribution in [2.75, 3.05) is 51.2 Å². The van der Waals surface area contributed by atoms with Gasteiger partial charge in [0.2, 0.25) is 5.91 Å². The number of hydrogen-bond donors (Lipinski definition) is 1. The Morgan fingerprint density at radius 1 is 1.28 bits per heavy atom. The molecule has 0 bridgehead atoms. The fourth-order valence-electron chi connectivity index (χ4n) is 4.54. The molecule has 0 spiro atoms. The molecule has 1 aromatic carbocycles. The van der Waals surface area contributed by atoms with E-state index in [2.05, 4.69) is 48.1 Å². The number of para-hydroxylation sites is 1. The summed E-state index contributed by atoms with van der Waals surface area (Å²) in [5.74, 6) is 1.17. The van der Waals surface area contributed by atoms with Gasteiger partial charge in [0.05, 0.1) is 0 Å². The van der Waals surface area contributed by atoms with E-state index in [4.69, 9.17) is 4.99 Å². The predicted molar refractivity (Wildman–Crippen MR) is 121 cm³/mol. The number of nitrogens with one attached hydrogen (secondary N) is 1. The van der Waals surface area contributed by atoms with Gasteiger partial charge in [-0.15, -0.1) is 0 Å². The summed E-state index contributed by atoms with van der Waals surface area (Å²) in [6.45, 7) is 10.0. The molecule has 2 aliphatic rings. The van der Waals surface area contributed by atoms with Crippen molar-refractivity contribution in [1.29, 1.82) is 0 Å². The molecule has 1 N–H and O–H groups in total. The molecule has 160 valence electrons. The standard InChI is InChI=1S/C23H37N5O/c1-4-24-23(26(3)18-20-11-9-16-27(20)5-2)25-15-8-13-22(29)28-17-14-19-10-6-7-12-21(19)28/h6-7,10,12,20H,4-5,8-9,11,13-18H2,1-3H3,(H,24,25). The van der Waals surface area contributed by atoms with Crippen molar-refractivity contribution in [2.45, 2.75) is 52.0 Å². The molecule has 2 aliphatic heterocycles. The Kier molecular flexibility index (Phi) is 7.92. The highest BCUT2D eigenvalue weighted by atomic mass is 16.2. The molecule has 1 aromatic rings. The molecule has 2 heterocycles. The van der Waals surface area contributed by atoms with Gasteiger partial charge in [0.1, 0.15) is 0 Å². The van der Waals surface area contributed by atoms with Gasteiger partial charge in [-0.05, 0) is 57.3 Å². The fourth-order valence-corrected chi connectivity index (χ4v) is 4.54.